The zero-order chi connectivity index (χ0) is 23.8. The third-order valence-electron chi connectivity index (χ3n) is 5.76. The van der Waals surface area contributed by atoms with Gasteiger partial charge in [-0.15, -0.1) is 13.2 Å². The molecular formula is C25H31F3N2O3. The predicted octanol–water partition coefficient (Wildman–Crippen LogP) is 4.39. The highest BCUT2D eigenvalue weighted by atomic mass is 19.4. The number of amides is 1. The van der Waals surface area contributed by atoms with Crippen molar-refractivity contribution in [2.45, 2.75) is 57.5 Å². The molecule has 1 amide bonds. The Bertz CT molecular complexity index is 879. The number of benzene rings is 2. The molecular weight excluding hydrogens is 433 g/mol. The summed E-state index contributed by atoms with van der Waals surface area (Å²) in [7, 11) is 0. The number of rotatable bonds is 10. The summed E-state index contributed by atoms with van der Waals surface area (Å²) in [6, 6.07) is 12.5. The third kappa shape index (κ3) is 8.05. The van der Waals surface area contributed by atoms with E-state index in [1.807, 2.05) is 24.3 Å². The molecule has 1 aliphatic rings. The van der Waals surface area contributed by atoms with E-state index in [0.717, 1.165) is 44.3 Å². The first-order valence-electron chi connectivity index (χ1n) is 11.4. The molecule has 0 saturated carbocycles. The fourth-order valence-corrected chi connectivity index (χ4v) is 4.12. The summed E-state index contributed by atoms with van der Waals surface area (Å²) >= 11 is 0. The number of hydrogen-bond donors (Lipinski definition) is 2. The van der Waals surface area contributed by atoms with Crippen LogP contribution in [0.25, 0.3) is 0 Å². The number of aliphatic hydroxyl groups is 1. The zero-order valence-electron chi connectivity index (χ0n) is 18.8. The summed E-state index contributed by atoms with van der Waals surface area (Å²) in [4.78, 5) is 15.0. The van der Waals surface area contributed by atoms with Crippen molar-refractivity contribution in [3.05, 3.63) is 65.2 Å². The van der Waals surface area contributed by atoms with Crippen molar-refractivity contribution in [2.75, 3.05) is 19.6 Å². The molecule has 2 atom stereocenters. The lowest BCUT2D eigenvalue weighted by molar-refractivity contribution is -0.274. The minimum Gasteiger partial charge on any atom is -0.406 e. The van der Waals surface area contributed by atoms with E-state index in [1.165, 1.54) is 29.8 Å². The second-order valence-electron chi connectivity index (χ2n) is 8.49. The highest BCUT2D eigenvalue weighted by molar-refractivity contribution is 5.79. The topological polar surface area (TPSA) is 61.8 Å². The summed E-state index contributed by atoms with van der Waals surface area (Å²) < 4.78 is 40.8. The number of carbonyl (C=O) groups excluding carboxylic acids is 1. The first-order valence-corrected chi connectivity index (χ1v) is 11.4. The SMILES string of the molecule is CCCc1ccc(C(O)C(CN2CCCC2)NC(=O)Cc2ccc(OC(F)(F)F)cc2)cc1. The number of alkyl halides is 3. The molecule has 2 N–H and O–H groups in total. The van der Waals surface area contributed by atoms with Crippen LogP contribution in [0.2, 0.25) is 0 Å². The van der Waals surface area contributed by atoms with Crippen molar-refractivity contribution in [1.29, 1.82) is 0 Å². The summed E-state index contributed by atoms with van der Waals surface area (Å²) in [5, 5.41) is 14.0. The van der Waals surface area contributed by atoms with Gasteiger partial charge in [-0.1, -0.05) is 49.7 Å². The number of carbonyl (C=O) groups is 1. The molecule has 1 saturated heterocycles. The molecule has 0 radical (unpaired) electrons. The molecule has 180 valence electrons. The van der Waals surface area contributed by atoms with Gasteiger partial charge in [0.05, 0.1) is 12.5 Å². The van der Waals surface area contributed by atoms with Gasteiger partial charge in [-0.05, 0) is 61.2 Å². The first kappa shape index (κ1) is 25.1. The summed E-state index contributed by atoms with van der Waals surface area (Å²) in [5.74, 6) is -0.633. The molecule has 1 fully saturated rings. The van der Waals surface area contributed by atoms with Gasteiger partial charge in [0.1, 0.15) is 11.9 Å². The van der Waals surface area contributed by atoms with Crippen molar-refractivity contribution in [2.24, 2.45) is 0 Å². The van der Waals surface area contributed by atoms with Crippen LogP contribution in [0.15, 0.2) is 48.5 Å². The fourth-order valence-electron chi connectivity index (χ4n) is 4.12. The van der Waals surface area contributed by atoms with Gasteiger partial charge < -0.3 is 20.1 Å². The molecule has 33 heavy (non-hydrogen) atoms. The summed E-state index contributed by atoms with van der Waals surface area (Å²) in [5.41, 5.74) is 2.50. The van der Waals surface area contributed by atoms with E-state index in [4.69, 9.17) is 0 Å². The summed E-state index contributed by atoms with van der Waals surface area (Å²) in [6.07, 6.45) is -1.44. The Morgan fingerprint density at radius 1 is 1.06 bits per heavy atom. The highest BCUT2D eigenvalue weighted by Gasteiger charge is 2.31. The van der Waals surface area contributed by atoms with Crippen molar-refractivity contribution in [3.8, 4) is 5.75 Å². The number of likely N-dealkylation sites (tertiary alicyclic amines) is 1. The van der Waals surface area contributed by atoms with E-state index in [1.54, 1.807) is 0 Å². The number of ether oxygens (including phenoxy) is 1. The van der Waals surface area contributed by atoms with E-state index >= 15 is 0 Å². The van der Waals surface area contributed by atoms with Crippen LogP contribution < -0.4 is 10.1 Å². The van der Waals surface area contributed by atoms with Crippen LogP contribution in [0.1, 0.15) is 49.0 Å². The zero-order valence-corrected chi connectivity index (χ0v) is 18.8. The van der Waals surface area contributed by atoms with Gasteiger partial charge in [0.25, 0.3) is 0 Å². The van der Waals surface area contributed by atoms with Crippen LogP contribution in [-0.4, -0.2) is 48.0 Å². The van der Waals surface area contributed by atoms with Gasteiger partial charge in [0.15, 0.2) is 0 Å². The lowest BCUT2D eigenvalue weighted by atomic mass is 9.99. The Hall–Kier alpha value is -2.58. The van der Waals surface area contributed by atoms with Crippen molar-refractivity contribution in [3.63, 3.8) is 0 Å². The molecule has 0 spiro atoms. The molecule has 5 nitrogen and oxygen atoms in total. The molecule has 1 aliphatic heterocycles. The summed E-state index contributed by atoms with van der Waals surface area (Å²) in [6.45, 7) is 4.49. The maximum Gasteiger partial charge on any atom is 0.573 e. The Balaban J connectivity index is 1.65. The van der Waals surface area contributed by atoms with Gasteiger partial charge in [0.2, 0.25) is 5.91 Å². The minimum atomic E-state index is -4.76. The second-order valence-corrected chi connectivity index (χ2v) is 8.49. The van der Waals surface area contributed by atoms with Crippen molar-refractivity contribution < 1.29 is 27.8 Å². The van der Waals surface area contributed by atoms with Crippen molar-refractivity contribution in [1.82, 2.24) is 10.2 Å². The third-order valence-corrected chi connectivity index (χ3v) is 5.76. The Labute approximate surface area is 192 Å². The van der Waals surface area contributed by atoms with Crippen LogP contribution in [0.5, 0.6) is 5.75 Å². The van der Waals surface area contributed by atoms with Crippen LogP contribution in [0.3, 0.4) is 0 Å². The van der Waals surface area contributed by atoms with Crippen LogP contribution in [0.4, 0.5) is 13.2 Å². The lowest BCUT2D eigenvalue weighted by Gasteiger charge is -2.29. The van der Waals surface area contributed by atoms with Gasteiger partial charge in [-0.3, -0.25) is 4.79 Å². The number of aliphatic hydroxyl groups excluding tert-OH is 1. The number of halogens is 3. The van der Waals surface area contributed by atoms with Crippen molar-refractivity contribution >= 4 is 5.91 Å². The highest BCUT2D eigenvalue weighted by Crippen LogP contribution is 2.23. The Morgan fingerprint density at radius 2 is 1.67 bits per heavy atom. The molecule has 2 aromatic rings. The standard InChI is InChI=1S/C25H31F3N2O3/c1-2-5-18-6-10-20(11-7-18)24(32)22(17-30-14-3-4-15-30)29-23(31)16-19-8-12-21(13-9-19)33-25(26,27)28/h6-13,22,24,32H,2-5,14-17H2,1H3,(H,29,31). The molecule has 1 heterocycles. The number of nitrogens with zero attached hydrogens (tertiary/aromatic N) is 1. The maximum absolute atomic E-state index is 12.7. The molecule has 0 bridgehead atoms. The van der Waals surface area contributed by atoms with E-state index in [0.29, 0.717) is 12.1 Å². The van der Waals surface area contributed by atoms with Gasteiger partial charge in [-0.2, -0.15) is 0 Å². The minimum absolute atomic E-state index is 0.00897. The average Bonchev–Trinajstić information content (AvgIpc) is 3.27. The second kappa shape index (κ2) is 11.5. The van der Waals surface area contributed by atoms with Gasteiger partial charge >= 0.3 is 6.36 Å². The maximum atomic E-state index is 12.7. The van der Waals surface area contributed by atoms with Crippen LogP contribution >= 0.6 is 0 Å². The molecule has 2 unspecified atom stereocenters. The largest absolute Gasteiger partial charge is 0.573 e. The molecule has 8 heteroatoms. The smallest absolute Gasteiger partial charge is 0.406 e. The average molecular weight is 465 g/mol. The normalized spacial score (nSPS) is 16.4. The molecule has 0 aliphatic carbocycles. The number of hydrogen-bond acceptors (Lipinski definition) is 4. The van der Waals surface area contributed by atoms with E-state index in [-0.39, 0.29) is 18.1 Å². The Kier molecular flexibility index (Phi) is 8.74. The van der Waals surface area contributed by atoms with Gasteiger partial charge in [0, 0.05) is 6.54 Å². The molecule has 2 aromatic carbocycles. The number of nitrogens with one attached hydrogen (secondary N) is 1. The van der Waals surface area contributed by atoms with E-state index < -0.39 is 18.5 Å². The first-order chi connectivity index (χ1) is 15.7. The fraction of sp³-hybridized carbons (Fsp3) is 0.480. The molecule has 3 rings (SSSR count). The lowest BCUT2D eigenvalue weighted by Crippen LogP contribution is -2.47. The number of aryl methyl sites for hydroxylation is 1. The van der Waals surface area contributed by atoms with Crippen LogP contribution in [-0.2, 0) is 17.6 Å². The molecule has 0 aromatic heterocycles. The predicted molar refractivity (Wildman–Crippen MR) is 120 cm³/mol. The van der Waals surface area contributed by atoms with E-state index in [9.17, 15) is 23.1 Å². The quantitative estimate of drug-likeness (QED) is 0.547. The van der Waals surface area contributed by atoms with Gasteiger partial charge in [-0.25, -0.2) is 0 Å². The Morgan fingerprint density at radius 3 is 2.24 bits per heavy atom. The monoisotopic (exact) mass is 464 g/mol. The van der Waals surface area contributed by atoms with Crippen LogP contribution in [0, 0.1) is 0 Å². The van der Waals surface area contributed by atoms with E-state index in [2.05, 4.69) is 21.9 Å².